The van der Waals surface area contributed by atoms with Crippen molar-refractivity contribution in [2.24, 2.45) is 17.6 Å². The monoisotopic (exact) mass is 269 g/mol. The van der Waals surface area contributed by atoms with E-state index in [0.29, 0.717) is 5.92 Å². The van der Waals surface area contributed by atoms with Crippen molar-refractivity contribution in [3.05, 3.63) is 16.9 Å². The quantitative estimate of drug-likeness (QED) is 0.914. The molecule has 0 radical (unpaired) electrons. The summed E-state index contributed by atoms with van der Waals surface area (Å²) >= 11 is 6.31. The third kappa shape index (κ3) is 2.57. The molecule has 0 bridgehead atoms. The van der Waals surface area contributed by atoms with Crippen LogP contribution in [0.5, 0.6) is 0 Å². The van der Waals surface area contributed by atoms with Crippen molar-refractivity contribution in [1.82, 2.24) is 9.78 Å². The van der Waals surface area contributed by atoms with Crippen LogP contribution in [0, 0.1) is 11.8 Å². The molecule has 2 N–H and O–H groups in total. The van der Waals surface area contributed by atoms with Crippen molar-refractivity contribution in [2.45, 2.75) is 58.5 Å². The molecule has 2 rings (SSSR count). The fraction of sp³-hybridized carbons (Fsp3) is 0.786. The minimum atomic E-state index is 0.222. The van der Waals surface area contributed by atoms with Gasteiger partial charge in [-0.1, -0.05) is 25.4 Å². The van der Waals surface area contributed by atoms with Crippen molar-refractivity contribution in [3.8, 4) is 0 Å². The van der Waals surface area contributed by atoms with Gasteiger partial charge in [-0.25, -0.2) is 0 Å². The molecule has 102 valence electrons. The van der Waals surface area contributed by atoms with E-state index in [9.17, 15) is 0 Å². The average Bonchev–Trinajstić information content (AvgIpc) is 2.71. The Balaban J connectivity index is 2.26. The van der Waals surface area contributed by atoms with Gasteiger partial charge in [0.25, 0.3) is 0 Å². The highest BCUT2D eigenvalue weighted by atomic mass is 35.5. The van der Waals surface area contributed by atoms with Crippen LogP contribution in [-0.4, -0.2) is 15.8 Å². The Hall–Kier alpha value is -0.540. The van der Waals surface area contributed by atoms with Gasteiger partial charge in [-0.15, -0.1) is 0 Å². The van der Waals surface area contributed by atoms with Crippen LogP contribution in [0.2, 0.25) is 5.02 Å². The number of aryl methyl sites for hydroxylation is 1. The number of hydrogen-bond acceptors (Lipinski definition) is 2. The molecule has 0 amide bonds. The van der Waals surface area contributed by atoms with Crippen LogP contribution in [0.1, 0.15) is 51.6 Å². The van der Waals surface area contributed by atoms with E-state index in [0.717, 1.165) is 41.9 Å². The highest BCUT2D eigenvalue weighted by molar-refractivity contribution is 6.31. The lowest BCUT2D eigenvalue weighted by Gasteiger charge is -2.36. The molecule has 1 saturated carbocycles. The predicted octanol–water partition coefficient (Wildman–Crippen LogP) is 3.42. The van der Waals surface area contributed by atoms with Crippen LogP contribution in [-0.2, 0) is 6.54 Å². The summed E-state index contributed by atoms with van der Waals surface area (Å²) in [5, 5.41) is 5.12. The first-order valence-electron chi connectivity index (χ1n) is 7.01. The molecular formula is C14H24ClN3. The molecule has 1 aromatic rings. The number of nitrogens with two attached hydrogens (primary N) is 1. The first-order valence-corrected chi connectivity index (χ1v) is 7.39. The summed E-state index contributed by atoms with van der Waals surface area (Å²) in [6, 6.07) is 0.222. The molecule has 1 aliphatic carbocycles. The SMILES string of the molecule is CCn1ncc(Cl)c1C1CC(C(C)C)CCC1N. The summed E-state index contributed by atoms with van der Waals surface area (Å²) in [5.41, 5.74) is 7.48. The van der Waals surface area contributed by atoms with E-state index in [2.05, 4.69) is 25.9 Å². The molecule has 3 atom stereocenters. The molecule has 3 unspecified atom stereocenters. The van der Waals surface area contributed by atoms with Crippen LogP contribution in [0.25, 0.3) is 0 Å². The van der Waals surface area contributed by atoms with Gasteiger partial charge in [0.05, 0.1) is 16.9 Å². The van der Waals surface area contributed by atoms with E-state index < -0.39 is 0 Å². The first-order chi connectivity index (χ1) is 8.54. The van der Waals surface area contributed by atoms with E-state index in [4.69, 9.17) is 17.3 Å². The number of nitrogens with zero attached hydrogens (tertiary/aromatic N) is 2. The molecule has 0 aliphatic heterocycles. The topological polar surface area (TPSA) is 43.8 Å². The highest BCUT2D eigenvalue weighted by Gasteiger charge is 2.33. The molecular weight excluding hydrogens is 246 g/mol. The molecule has 1 fully saturated rings. The molecule has 4 heteroatoms. The molecule has 1 heterocycles. The average molecular weight is 270 g/mol. The van der Waals surface area contributed by atoms with Crippen molar-refractivity contribution in [2.75, 3.05) is 0 Å². The summed E-state index contributed by atoms with van der Waals surface area (Å²) in [5.74, 6) is 1.84. The third-order valence-corrected chi connectivity index (χ3v) is 4.66. The molecule has 0 aromatic carbocycles. The summed E-state index contributed by atoms with van der Waals surface area (Å²) in [6.07, 6.45) is 5.24. The van der Waals surface area contributed by atoms with Crippen molar-refractivity contribution in [1.29, 1.82) is 0 Å². The Bertz CT molecular complexity index is 400. The van der Waals surface area contributed by atoms with Crippen LogP contribution >= 0.6 is 11.6 Å². The van der Waals surface area contributed by atoms with E-state index in [1.807, 2.05) is 4.68 Å². The first kappa shape index (κ1) is 13.9. The fourth-order valence-corrected chi connectivity index (χ4v) is 3.42. The van der Waals surface area contributed by atoms with Crippen LogP contribution in [0.3, 0.4) is 0 Å². The molecule has 0 saturated heterocycles. The molecule has 1 aromatic heterocycles. The van der Waals surface area contributed by atoms with E-state index >= 15 is 0 Å². The smallest absolute Gasteiger partial charge is 0.0821 e. The predicted molar refractivity (Wildman–Crippen MR) is 75.8 cm³/mol. The summed E-state index contributed by atoms with van der Waals surface area (Å²) in [4.78, 5) is 0. The minimum absolute atomic E-state index is 0.222. The summed E-state index contributed by atoms with van der Waals surface area (Å²) in [6.45, 7) is 7.56. The van der Waals surface area contributed by atoms with Gasteiger partial charge in [-0.05, 0) is 38.0 Å². The fourth-order valence-electron chi connectivity index (χ4n) is 3.14. The number of halogens is 1. The normalized spacial score (nSPS) is 28.9. The number of aromatic nitrogens is 2. The minimum Gasteiger partial charge on any atom is -0.327 e. The lowest BCUT2D eigenvalue weighted by Crippen LogP contribution is -2.37. The lowest BCUT2D eigenvalue weighted by molar-refractivity contribution is 0.226. The van der Waals surface area contributed by atoms with Gasteiger partial charge in [0.15, 0.2) is 0 Å². The second-order valence-electron chi connectivity index (χ2n) is 5.78. The maximum Gasteiger partial charge on any atom is 0.0821 e. The molecule has 0 spiro atoms. The number of hydrogen-bond donors (Lipinski definition) is 1. The highest BCUT2D eigenvalue weighted by Crippen LogP contribution is 2.40. The van der Waals surface area contributed by atoms with Crippen LogP contribution < -0.4 is 5.73 Å². The summed E-state index contributed by atoms with van der Waals surface area (Å²) < 4.78 is 2.01. The standard InChI is InChI=1S/C14H24ClN3/c1-4-18-14(12(15)8-17-18)11-7-10(9(2)3)5-6-13(11)16/h8-11,13H,4-7,16H2,1-3H3. The Morgan fingerprint density at radius 1 is 1.50 bits per heavy atom. The molecule has 18 heavy (non-hydrogen) atoms. The Morgan fingerprint density at radius 3 is 2.83 bits per heavy atom. The van der Waals surface area contributed by atoms with E-state index in [-0.39, 0.29) is 6.04 Å². The van der Waals surface area contributed by atoms with Crippen LogP contribution in [0.4, 0.5) is 0 Å². The summed E-state index contributed by atoms with van der Waals surface area (Å²) in [7, 11) is 0. The second-order valence-corrected chi connectivity index (χ2v) is 6.19. The number of rotatable bonds is 3. The van der Waals surface area contributed by atoms with Crippen molar-refractivity contribution >= 4 is 11.6 Å². The van der Waals surface area contributed by atoms with Gasteiger partial charge >= 0.3 is 0 Å². The van der Waals surface area contributed by atoms with Crippen molar-refractivity contribution in [3.63, 3.8) is 0 Å². The second kappa shape index (κ2) is 5.62. The Morgan fingerprint density at radius 2 is 2.22 bits per heavy atom. The zero-order chi connectivity index (χ0) is 13.3. The van der Waals surface area contributed by atoms with Gasteiger partial charge in [-0.3, -0.25) is 4.68 Å². The van der Waals surface area contributed by atoms with E-state index in [1.165, 1.54) is 6.42 Å². The zero-order valence-corrected chi connectivity index (χ0v) is 12.3. The van der Waals surface area contributed by atoms with Crippen LogP contribution in [0.15, 0.2) is 6.20 Å². The largest absolute Gasteiger partial charge is 0.327 e. The third-order valence-electron chi connectivity index (χ3n) is 4.37. The molecule has 1 aliphatic rings. The maximum atomic E-state index is 6.33. The van der Waals surface area contributed by atoms with Gasteiger partial charge in [0.1, 0.15) is 0 Å². The van der Waals surface area contributed by atoms with Gasteiger partial charge in [-0.2, -0.15) is 5.10 Å². The zero-order valence-electron chi connectivity index (χ0n) is 11.6. The Kier molecular flexibility index (Phi) is 4.33. The van der Waals surface area contributed by atoms with E-state index in [1.54, 1.807) is 6.20 Å². The maximum absolute atomic E-state index is 6.33. The van der Waals surface area contributed by atoms with Gasteiger partial charge in [0.2, 0.25) is 0 Å². The van der Waals surface area contributed by atoms with Crippen molar-refractivity contribution < 1.29 is 0 Å². The Labute approximate surface area is 115 Å². The van der Waals surface area contributed by atoms with Gasteiger partial charge < -0.3 is 5.73 Å². The van der Waals surface area contributed by atoms with Gasteiger partial charge in [0, 0.05) is 18.5 Å². The molecule has 3 nitrogen and oxygen atoms in total. The lowest BCUT2D eigenvalue weighted by atomic mass is 9.73.